The average Bonchev–Trinajstić information content (AvgIpc) is 3.89. The number of aromatic nitrogens is 2. The fraction of sp³-hybridized carbons (Fsp3) is 0.519. The van der Waals surface area contributed by atoms with E-state index in [1.807, 2.05) is 30.3 Å². The van der Waals surface area contributed by atoms with Gasteiger partial charge in [0.1, 0.15) is 23.9 Å². The van der Waals surface area contributed by atoms with Crippen LogP contribution in [0.1, 0.15) is 65.8 Å². The van der Waals surface area contributed by atoms with E-state index in [1.54, 1.807) is 55.1 Å². The molecule has 81 heavy (non-hydrogen) atoms. The third kappa shape index (κ3) is 22.5. The summed E-state index contributed by atoms with van der Waals surface area (Å²) in [6.07, 6.45) is -1.17. The van der Waals surface area contributed by atoms with Gasteiger partial charge in [0.25, 0.3) is 5.91 Å². The number of carbonyl (C=O) groups excluding carboxylic acids is 5. The van der Waals surface area contributed by atoms with Crippen LogP contribution in [0.4, 0.5) is 5.69 Å². The van der Waals surface area contributed by atoms with Crippen molar-refractivity contribution in [2.75, 3.05) is 96.9 Å². The Morgan fingerprint density at radius 2 is 1.26 bits per heavy atom. The molecule has 2 aliphatic heterocycles. The van der Waals surface area contributed by atoms with Crippen LogP contribution in [0.25, 0.3) is 0 Å². The van der Waals surface area contributed by atoms with Crippen molar-refractivity contribution in [3.63, 3.8) is 0 Å². The lowest BCUT2D eigenvalue weighted by atomic mass is 10.1. The van der Waals surface area contributed by atoms with Gasteiger partial charge in [0.2, 0.25) is 23.6 Å². The Labute approximate surface area is 465 Å². The highest BCUT2D eigenvalue weighted by Gasteiger charge is 2.33. The topological polar surface area (TPSA) is 409 Å². The zero-order valence-electron chi connectivity index (χ0n) is 44.7. The van der Waals surface area contributed by atoms with E-state index in [2.05, 4.69) is 31.2 Å². The van der Waals surface area contributed by atoms with Gasteiger partial charge in [-0.3, -0.25) is 67.5 Å². The van der Waals surface area contributed by atoms with Crippen LogP contribution in [-0.4, -0.2) is 251 Å². The van der Waals surface area contributed by atoms with Crippen LogP contribution in [0.5, 0.6) is 0 Å². The summed E-state index contributed by atoms with van der Waals surface area (Å²) >= 11 is 0. The van der Waals surface area contributed by atoms with Gasteiger partial charge < -0.3 is 71.8 Å². The Hall–Kier alpha value is -8.09. The molecule has 2 aliphatic rings. The Balaban J connectivity index is 1.26. The van der Waals surface area contributed by atoms with Crippen molar-refractivity contribution in [2.24, 2.45) is 0 Å². The van der Waals surface area contributed by atoms with Crippen molar-refractivity contribution < 1.29 is 83.7 Å². The Morgan fingerprint density at radius 3 is 1.80 bits per heavy atom. The van der Waals surface area contributed by atoms with Gasteiger partial charge in [0.15, 0.2) is 6.29 Å². The Kier molecular flexibility index (Phi) is 25.4. The summed E-state index contributed by atoms with van der Waals surface area (Å²) in [5, 5.41) is 78.1. The minimum Gasteiger partial charge on any atom is -0.481 e. The molecule has 29 nitrogen and oxygen atoms in total. The summed E-state index contributed by atoms with van der Waals surface area (Å²) < 4.78 is 0. The number of nitrogens with zero attached hydrogens (tertiary/aromatic N) is 7. The largest absolute Gasteiger partial charge is 0.481 e. The number of β-amino-alcohol motifs (C(OH)–C–C–N with tert-alkyl or cyclic N) is 2. The number of aliphatic hydroxyl groups excluding tert-OH is 1. The molecule has 3 heterocycles. The molecule has 5 rings (SSSR count). The summed E-state index contributed by atoms with van der Waals surface area (Å²) in [5.74, 6) is -9.17. The molecule has 1 aromatic heterocycles. The first-order valence-electron chi connectivity index (χ1n) is 26.3. The van der Waals surface area contributed by atoms with Gasteiger partial charge in [-0.15, -0.1) is 0 Å². The molecule has 0 aliphatic carbocycles. The molecule has 1 saturated heterocycles. The number of amides is 5. The monoisotopic (exact) mass is 1140 g/mol. The molecule has 5 amide bonds. The fourth-order valence-electron chi connectivity index (χ4n) is 9.25. The van der Waals surface area contributed by atoms with Gasteiger partial charge in [0, 0.05) is 122 Å². The minimum atomic E-state index is -1.76. The number of H-pyrrole nitrogens is 1. The van der Waals surface area contributed by atoms with Crippen molar-refractivity contribution in [1.82, 2.24) is 55.3 Å². The van der Waals surface area contributed by atoms with Crippen LogP contribution >= 0.6 is 0 Å². The van der Waals surface area contributed by atoms with E-state index >= 15 is 0 Å². The lowest BCUT2D eigenvalue weighted by Gasteiger charge is -2.33. The molecular formula is C52H72N12O17. The average molecular weight is 1140 g/mol. The number of hydrogen-bond donors (Lipinski definition) is 12. The number of imidazole rings is 1. The number of carbonyl (C=O) groups is 10. The zero-order valence-corrected chi connectivity index (χ0v) is 44.7. The third-order valence-electron chi connectivity index (χ3n) is 13.3. The number of benzene rings is 2. The fourth-order valence-corrected chi connectivity index (χ4v) is 9.25. The number of aliphatic hydroxyl groups is 2. The van der Waals surface area contributed by atoms with Crippen LogP contribution < -0.4 is 21.3 Å². The number of hydrogen-bond acceptors (Lipinski definition) is 18. The first-order valence-corrected chi connectivity index (χ1v) is 26.3. The van der Waals surface area contributed by atoms with Crippen LogP contribution in [0.15, 0.2) is 60.9 Å². The van der Waals surface area contributed by atoms with E-state index in [4.69, 9.17) is 0 Å². The summed E-state index contributed by atoms with van der Waals surface area (Å²) in [5.41, 5.74) is 2.08. The highest BCUT2D eigenvalue weighted by molar-refractivity contribution is 5.96. The Morgan fingerprint density at radius 1 is 0.679 bits per heavy atom. The first-order chi connectivity index (χ1) is 38.6. The van der Waals surface area contributed by atoms with Crippen molar-refractivity contribution >= 4 is 65.1 Å². The van der Waals surface area contributed by atoms with Gasteiger partial charge in [-0.05, 0) is 48.6 Å². The van der Waals surface area contributed by atoms with Crippen LogP contribution in [0.2, 0.25) is 0 Å². The minimum absolute atomic E-state index is 0.0377. The second kappa shape index (κ2) is 32.2. The van der Waals surface area contributed by atoms with Crippen molar-refractivity contribution in [3.05, 3.63) is 83.4 Å². The maximum Gasteiger partial charge on any atom is 0.317 e. The van der Waals surface area contributed by atoms with Gasteiger partial charge in [-0.1, -0.05) is 30.3 Å². The highest BCUT2D eigenvalue weighted by Crippen LogP contribution is 2.27. The number of aliphatic carboxylic acids is 5. The number of aromatic amines is 1. The van der Waals surface area contributed by atoms with E-state index < -0.39 is 123 Å². The summed E-state index contributed by atoms with van der Waals surface area (Å²) in [4.78, 5) is 145. The molecule has 12 N–H and O–H groups in total. The number of fused-ring (bicyclic) bond motifs is 1. The molecule has 29 heteroatoms. The summed E-state index contributed by atoms with van der Waals surface area (Å²) in [7, 11) is 0. The second-order valence-electron chi connectivity index (χ2n) is 19.7. The van der Waals surface area contributed by atoms with Gasteiger partial charge in [0.05, 0.1) is 32.6 Å². The van der Waals surface area contributed by atoms with Crippen molar-refractivity contribution in [2.45, 2.75) is 82.6 Å². The molecule has 442 valence electrons. The molecular weight excluding hydrogens is 1060 g/mol. The van der Waals surface area contributed by atoms with E-state index in [-0.39, 0.29) is 116 Å². The standard InChI is InChI=1S/C52H72N12O17/c65-42(30-59-17-19-60(31-46(72)73)21-23-62(33-48(76)77)24-22-61(20-18-59)32-47(74)75)57-39(10-12-44(68)69)50(79)58-38(9-11-43(66)67)49(78)55-13-4-16-63-28-36-25-35(7-8-37(36)56-40(52(63)81)26-45(70)71)51(80)64(29-41-53-14-15-54-41)27-34-5-2-1-3-6-34/h1-3,5-8,14-15,25,38-40,46,56,72-73H,4,9-13,16-24,26-33H2,(H,53,54)(H,55,78)(H,57,65)(H,58,79)(H,66,67)(H,68,69)(H,70,71)(H,74,75)(H,76,77)/t38-,39-,40+/m0/s1. The SMILES string of the molecule is O=C(O)CC[C@H](NC(=O)CN1CCN(CC(=O)O)CCN(CC(=O)O)CCN(CC(O)O)CC1)C(=O)N[C@@H](CCC(=O)O)C(=O)NCCCN1Cc2cc(C(=O)N(Cc3ccccc3)Cc3ncc[nH]3)ccc2N[C@H](CC(=O)O)C1=O. The molecule has 0 spiro atoms. The summed E-state index contributed by atoms with van der Waals surface area (Å²) in [6, 6.07) is 9.85. The predicted molar refractivity (Wildman–Crippen MR) is 285 cm³/mol. The second-order valence-corrected chi connectivity index (χ2v) is 19.7. The van der Waals surface area contributed by atoms with Gasteiger partial charge in [-0.25, -0.2) is 4.98 Å². The molecule has 3 atom stereocenters. The third-order valence-corrected chi connectivity index (χ3v) is 13.3. The number of carboxylic acid groups (broad SMARTS) is 5. The van der Waals surface area contributed by atoms with E-state index in [9.17, 15) is 83.7 Å². The highest BCUT2D eigenvalue weighted by atomic mass is 16.5. The normalized spacial score (nSPS) is 16.8. The molecule has 3 aromatic rings. The van der Waals surface area contributed by atoms with E-state index in [1.165, 1.54) is 4.90 Å². The molecule has 0 radical (unpaired) electrons. The number of carboxylic acids is 5. The van der Waals surface area contributed by atoms with Gasteiger partial charge in [-0.2, -0.15) is 0 Å². The summed E-state index contributed by atoms with van der Waals surface area (Å²) in [6.45, 7) is -0.238. The maximum absolute atomic E-state index is 14.2. The van der Waals surface area contributed by atoms with Crippen molar-refractivity contribution in [1.29, 1.82) is 0 Å². The lowest BCUT2D eigenvalue weighted by molar-refractivity contribution is -0.141. The van der Waals surface area contributed by atoms with Crippen LogP contribution in [-0.2, 0) is 62.8 Å². The molecule has 1 fully saturated rings. The van der Waals surface area contributed by atoms with Gasteiger partial charge >= 0.3 is 29.8 Å². The Bertz CT molecular complexity index is 2630. The smallest absolute Gasteiger partial charge is 0.317 e. The molecule has 2 aromatic carbocycles. The first kappa shape index (κ1) is 63.7. The van der Waals surface area contributed by atoms with E-state index in [0.717, 1.165) is 5.56 Å². The zero-order chi connectivity index (χ0) is 59.0. The molecule has 0 saturated carbocycles. The van der Waals surface area contributed by atoms with Crippen LogP contribution in [0, 0.1) is 0 Å². The molecule has 0 unspecified atom stereocenters. The van der Waals surface area contributed by atoms with Crippen LogP contribution in [0.3, 0.4) is 0 Å². The number of anilines is 1. The lowest BCUT2D eigenvalue weighted by Crippen LogP contribution is -2.55. The quantitative estimate of drug-likeness (QED) is 0.0258. The number of rotatable bonds is 29. The van der Waals surface area contributed by atoms with Crippen molar-refractivity contribution in [3.8, 4) is 0 Å². The predicted octanol–water partition coefficient (Wildman–Crippen LogP) is -2.24. The molecule has 0 bridgehead atoms. The number of nitrogens with one attached hydrogen (secondary N) is 5. The maximum atomic E-state index is 14.2. The van der Waals surface area contributed by atoms with E-state index in [0.29, 0.717) is 17.1 Å².